The Morgan fingerprint density at radius 2 is 2.26 bits per heavy atom. The van der Waals surface area contributed by atoms with E-state index in [1.807, 2.05) is 36.7 Å². The molecule has 5 nitrogen and oxygen atoms in total. The van der Waals surface area contributed by atoms with Crippen LogP contribution in [-0.2, 0) is 11.8 Å². The van der Waals surface area contributed by atoms with Crippen LogP contribution in [-0.4, -0.2) is 46.3 Å². The van der Waals surface area contributed by atoms with Crippen molar-refractivity contribution in [1.29, 1.82) is 0 Å². The molecule has 0 aliphatic carbocycles. The SMILES string of the molecule is CCN(CC)C(=O)C1CC(c2cnn(C)c2)CCN1. The summed E-state index contributed by atoms with van der Waals surface area (Å²) in [6.07, 6.45) is 5.94. The van der Waals surface area contributed by atoms with Gasteiger partial charge in [-0.3, -0.25) is 9.48 Å². The molecule has 1 aromatic rings. The van der Waals surface area contributed by atoms with E-state index in [2.05, 4.69) is 16.6 Å². The van der Waals surface area contributed by atoms with Crippen LogP contribution in [0.15, 0.2) is 12.4 Å². The molecule has 1 saturated heterocycles. The summed E-state index contributed by atoms with van der Waals surface area (Å²) < 4.78 is 1.83. The van der Waals surface area contributed by atoms with Crippen LogP contribution >= 0.6 is 0 Å². The van der Waals surface area contributed by atoms with E-state index in [0.29, 0.717) is 5.92 Å². The van der Waals surface area contributed by atoms with Crippen molar-refractivity contribution in [1.82, 2.24) is 20.0 Å². The molecule has 0 aromatic carbocycles. The van der Waals surface area contributed by atoms with Crippen LogP contribution in [0.1, 0.15) is 38.2 Å². The van der Waals surface area contributed by atoms with Crippen LogP contribution in [0.4, 0.5) is 0 Å². The molecule has 0 bridgehead atoms. The smallest absolute Gasteiger partial charge is 0.239 e. The summed E-state index contributed by atoms with van der Waals surface area (Å²) >= 11 is 0. The predicted molar refractivity (Wildman–Crippen MR) is 74.9 cm³/mol. The number of amides is 1. The molecule has 1 fully saturated rings. The minimum atomic E-state index is -0.0427. The molecule has 2 atom stereocenters. The van der Waals surface area contributed by atoms with Crippen molar-refractivity contribution in [2.75, 3.05) is 19.6 Å². The van der Waals surface area contributed by atoms with Crippen molar-refractivity contribution < 1.29 is 4.79 Å². The van der Waals surface area contributed by atoms with Gasteiger partial charge < -0.3 is 10.2 Å². The van der Waals surface area contributed by atoms with Gasteiger partial charge in [0, 0.05) is 26.3 Å². The zero-order valence-corrected chi connectivity index (χ0v) is 12.1. The number of rotatable bonds is 4. The fourth-order valence-corrected chi connectivity index (χ4v) is 2.81. The van der Waals surface area contributed by atoms with E-state index < -0.39 is 0 Å². The van der Waals surface area contributed by atoms with E-state index in [9.17, 15) is 4.79 Å². The summed E-state index contributed by atoms with van der Waals surface area (Å²) in [5.41, 5.74) is 1.25. The summed E-state index contributed by atoms with van der Waals surface area (Å²) in [6, 6.07) is -0.0427. The highest BCUT2D eigenvalue weighted by molar-refractivity contribution is 5.82. The van der Waals surface area contributed by atoms with E-state index in [-0.39, 0.29) is 11.9 Å². The maximum absolute atomic E-state index is 12.4. The van der Waals surface area contributed by atoms with Crippen LogP contribution in [0, 0.1) is 0 Å². The average Bonchev–Trinajstić information content (AvgIpc) is 2.87. The van der Waals surface area contributed by atoms with Crippen LogP contribution in [0.2, 0.25) is 0 Å². The molecular weight excluding hydrogens is 240 g/mol. The van der Waals surface area contributed by atoms with E-state index in [1.165, 1.54) is 5.56 Å². The molecule has 1 amide bonds. The third-order valence-corrected chi connectivity index (χ3v) is 3.97. The molecule has 0 radical (unpaired) electrons. The minimum absolute atomic E-state index is 0.0427. The number of carbonyl (C=O) groups is 1. The highest BCUT2D eigenvalue weighted by Crippen LogP contribution is 2.27. The number of hydrogen-bond donors (Lipinski definition) is 1. The number of nitrogens with one attached hydrogen (secondary N) is 1. The maximum Gasteiger partial charge on any atom is 0.239 e. The third kappa shape index (κ3) is 3.15. The topological polar surface area (TPSA) is 50.2 Å². The number of likely N-dealkylation sites (N-methyl/N-ethyl adjacent to an activating group) is 1. The molecular formula is C14H24N4O. The van der Waals surface area contributed by atoms with Crippen molar-refractivity contribution in [3.63, 3.8) is 0 Å². The van der Waals surface area contributed by atoms with Gasteiger partial charge in [0.1, 0.15) is 0 Å². The lowest BCUT2D eigenvalue weighted by atomic mass is 9.87. The predicted octanol–water partition coefficient (Wildman–Crippen LogP) is 1.12. The Morgan fingerprint density at radius 1 is 1.53 bits per heavy atom. The minimum Gasteiger partial charge on any atom is -0.342 e. The maximum atomic E-state index is 12.4. The first-order valence-electron chi connectivity index (χ1n) is 7.16. The van der Waals surface area contributed by atoms with Crippen LogP contribution in [0.3, 0.4) is 0 Å². The Balaban J connectivity index is 2.02. The van der Waals surface area contributed by atoms with E-state index >= 15 is 0 Å². The van der Waals surface area contributed by atoms with Gasteiger partial charge in [0.25, 0.3) is 0 Å². The molecule has 106 valence electrons. The molecule has 1 aromatic heterocycles. The van der Waals surface area contributed by atoms with Gasteiger partial charge in [-0.25, -0.2) is 0 Å². The number of aromatic nitrogens is 2. The average molecular weight is 264 g/mol. The van der Waals surface area contributed by atoms with E-state index in [4.69, 9.17) is 0 Å². The fourth-order valence-electron chi connectivity index (χ4n) is 2.81. The zero-order valence-electron chi connectivity index (χ0n) is 12.1. The van der Waals surface area contributed by atoms with Gasteiger partial charge in [-0.1, -0.05) is 0 Å². The molecule has 2 rings (SSSR count). The van der Waals surface area contributed by atoms with Crippen LogP contribution in [0.5, 0.6) is 0 Å². The van der Waals surface area contributed by atoms with Gasteiger partial charge in [-0.15, -0.1) is 0 Å². The molecule has 0 spiro atoms. The van der Waals surface area contributed by atoms with Gasteiger partial charge in [0.05, 0.1) is 12.2 Å². The van der Waals surface area contributed by atoms with E-state index in [0.717, 1.165) is 32.5 Å². The summed E-state index contributed by atoms with van der Waals surface area (Å²) in [7, 11) is 1.93. The molecule has 1 aliphatic heterocycles. The van der Waals surface area contributed by atoms with E-state index in [1.54, 1.807) is 0 Å². The number of hydrogen-bond acceptors (Lipinski definition) is 3. The highest BCUT2D eigenvalue weighted by atomic mass is 16.2. The second-order valence-electron chi connectivity index (χ2n) is 5.19. The molecule has 5 heteroatoms. The van der Waals surface area contributed by atoms with Crippen LogP contribution < -0.4 is 5.32 Å². The lowest BCUT2D eigenvalue weighted by Crippen LogP contribution is -2.49. The Morgan fingerprint density at radius 3 is 2.84 bits per heavy atom. The number of aryl methyl sites for hydroxylation is 1. The zero-order chi connectivity index (χ0) is 13.8. The monoisotopic (exact) mass is 264 g/mol. The standard InChI is InChI=1S/C14H24N4O/c1-4-18(5-2)14(19)13-8-11(6-7-15-13)12-9-16-17(3)10-12/h9-11,13,15H,4-8H2,1-3H3. The largest absolute Gasteiger partial charge is 0.342 e. The Hall–Kier alpha value is -1.36. The number of carbonyl (C=O) groups excluding carboxylic acids is 1. The second-order valence-corrected chi connectivity index (χ2v) is 5.19. The van der Waals surface area contributed by atoms with Gasteiger partial charge in [0.15, 0.2) is 0 Å². The second kappa shape index (κ2) is 6.19. The molecule has 19 heavy (non-hydrogen) atoms. The molecule has 2 unspecified atom stereocenters. The van der Waals surface area contributed by atoms with Gasteiger partial charge in [0.2, 0.25) is 5.91 Å². The first-order chi connectivity index (χ1) is 9.15. The fraction of sp³-hybridized carbons (Fsp3) is 0.714. The molecule has 1 N–H and O–H groups in total. The lowest BCUT2D eigenvalue weighted by molar-refractivity contribution is -0.133. The van der Waals surface area contributed by atoms with Gasteiger partial charge in [-0.05, 0) is 44.7 Å². The lowest BCUT2D eigenvalue weighted by Gasteiger charge is -2.32. The summed E-state index contributed by atoms with van der Waals surface area (Å²) in [5.74, 6) is 0.679. The Labute approximate surface area is 115 Å². The first-order valence-corrected chi connectivity index (χ1v) is 7.16. The quantitative estimate of drug-likeness (QED) is 0.887. The van der Waals surface area contributed by atoms with Crippen molar-refractivity contribution >= 4 is 5.91 Å². The van der Waals surface area contributed by atoms with Crippen molar-refractivity contribution in [3.8, 4) is 0 Å². The molecule has 2 heterocycles. The molecule has 1 aliphatic rings. The van der Waals surface area contributed by atoms with Gasteiger partial charge >= 0.3 is 0 Å². The normalized spacial score (nSPS) is 23.3. The highest BCUT2D eigenvalue weighted by Gasteiger charge is 2.30. The summed E-state index contributed by atoms with van der Waals surface area (Å²) in [6.45, 7) is 6.53. The Bertz CT molecular complexity index is 425. The van der Waals surface area contributed by atoms with Crippen molar-refractivity contribution in [2.24, 2.45) is 7.05 Å². The van der Waals surface area contributed by atoms with Crippen molar-refractivity contribution in [3.05, 3.63) is 18.0 Å². The third-order valence-electron chi connectivity index (χ3n) is 3.97. The molecule has 0 saturated carbocycles. The number of nitrogens with zero attached hydrogens (tertiary/aromatic N) is 3. The Kier molecular flexibility index (Phi) is 4.58. The summed E-state index contributed by atoms with van der Waals surface area (Å²) in [4.78, 5) is 14.3. The summed E-state index contributed by atoms with van der Waals surface area (Å²) in [5, 5.41) is 7.59. The van der Waals surface area contributed by atoms with Crippen LogP contribution in [0.25, 0.3) is 0 Å². The van der Waals surface area contributed by atoms with Gasteiger partial charge in [-0.2, -0.15) is 5.10 Å². The first kappa shape index (κ1) is 14.1. The number of piperidine rings is 1. The van der Waals surface area contributed by atoms with Crippen molar-refractivity contribution in [2.45, 2.75) is 38.6 Å².